The van der Waals surface area contributed by atoms with Crippen LogP contribution in [0.2, 0.25) is 0 Å². The van der Waals surface area contributed by atoms with Gasteiger partial charge in [-0.15, -0.1) is 0 Å². The van der Waals surface area contributed by atoms with Crippen LogP contribution in [0.15, 0.2) is 48.5 Å². The normalized spacial score (nSPS) is 10.8. The number of benzene rings is 2. The van der Waals surface area contributed by atoms with Crippen LogP contribution in [0.4, 0.5) is 4.79 Å². The van der Waals surface area contributed by atoms with Gasteiger partial charge in [0.25, 0.3) is 0 Å². The van der Waals surface area contributed by atoms with E-state index in [1.54, 1.807) is 0 Å². The summed E-state index contributed by atoms with van der Waals surface area (Å²) in [6.07, 6.45) is 14.8. The molecule has 0 aliphatic heterocycles. The number of carbonyl (C=O) groups excluding carboxylic acids is 1. The minimum absolute atomic E-state index is 0.605. The number of ether oxygens (including phenoxy) is 2. The van der Waals surface area contributed by atoms with E-state index in [0.717, 1.165) is 36.8 Å². The average Bonchev–Trinajstić information content (AvgIpc) is 2.78. The molecule has 0 amide bonds. The van der Waals surface area contributed by atoms with Crippen LogP contribution in [0.3, 0.4) is 0 Å². The minimum Gasteiger partial charge on any atom is -0.394 e. The molecule has 0 atom stereocenters. The van der Waals surface area contributed by atoms with Crippen molar-refractivity contribution < 1.29 is 14.3 Å². The lowest BCUT2D eigenvalue weighted by atomic mass is 10.0. The first-order valence-corrected chi connectivity index (χ1v) is 12.3. The number of unbranched alkanes of at least 4 members (excludes halogenated alkanes) is 9. The highest BCUT2D eigenvalue weighted by Crippen LogP contribution is 2.24. The summed E-state index contributed by atoms with van der Waals surface area (Å²) < 4.78 is 11.2. The summed E-state index contributed by atoms with van der Waals surface area (Å²) in [6.45, 7) is 4.45. The van der Waals surface area contributed by atoms with Gasteiger partial charge in [0, 0.05) is 0 Å². The van der Waals surface area contributed by atoms with Gasteiger partial charge in [-0.3, -0.25) is 0 Å². The second-order valence-corrected chi connectivity index (χ2v) is 8.35. The second kappa shape index (κ2) is 15.5. The fourth-order valence-corrected chi connectivity index (χ4v) is 3.84. The Hall–Kier alpha value is -2.29. The van der Waals surface area contributed by atoms with Crippen LogP contribution < -0.4 is 9.47 Å². The van der Waals surface area contributed by atoms with Gasteiger partial charge in [-0.25, -0.2) is 4.79 Å². The van der Waals surface area contributed by atoms with Crippen LogP contribution in [0.5, 0.6) is 11.5 Å². The monoisotopic (exact) mass is 424 g/mol. The first kappa shape index (κ1) is 25.0. The van der Waals surface area contributed by atoms with Crippen molar-refractivity contribution in [3.8, 4) is 11.5 Å². The predicted octanol–water partition coefficient (Wildman–Crippen LogP) is 8.68. The van der Waals surface area contributed by atoms with Crippen LogP contribution in [-0.2, 0) is 12.8 Å². The zero-order valence-electron chi connectivity index (χ0n) is 19.5. The first-order valence-electron chi connectivity index (χ1n) is 12.3. The molecule has 0 bridgehead atoms. The number of carbonyl (C=O) groups is 1. The van der Waals surface area contributed by atoms with Gasteiger partial charge >= 0.3 is 6.16 Å². The number of hydrogen-bond acceptors (Lipinski definition) is 3. The lowest BCUT2D eigenvalue weighted by molar-refractivity contribution is 0.151. The third kappa shape index (κ3) is 10.0. The fourth-order valence-electron chi connectivity index (χ4n) is 3.84. The van der Waals surface area contributed by atoms with Crippen LogP contribution in [-0.4, -0.2) is 6.16 Å². The van der Waals surface area contributed by atoms with Gasteiger partial charge in [0.2, 0.25) is 0 Å². The number of para-hydroxylation sites is 2. The summed E-state index contributed by atoms with van der Waals surface area (Å²) in [6, 6.07) is 15.6. The van der Waals surface area contributed by atoms with Gasteiger partial charge < -0.3 is 9.47 Å². The Labute approximate surface area is 189 Å². The molecule has 2 aromatic rings. The fraction of sp³-hybridized carbons (Fsp3) is 0.536. The minimum atomic E-state index is -0.659. The van der Waals surface area contributed by atoms with E-state index >= 15 is 0 Å². The van der Waals surface area contributed by atoms with Crippen molar-refractivity contribution in [2.75, 3.05) is 0 Å². The maximum atomic E-state index is 12.5. The van der Waals surface area contributed by atoms with E-state index in [1.165, 1.54) is 57.8 Å². The molecule has 0 saturated carbocycles. The third-order valence-electron chi connectivity index (χ3n) is 5.68. The highest BCUT2D eigenvalue weighted by Gasteiger charge is 2.13. The lowest BCUT2D eigenvalue weighted by Gasteiger charge is -2.12. The van der Waals surface area contributed by atoms with Gasteiger partial charge in [0.1, 0.15) is 11.5 Å². The van der Waals surface area contributed by atoms with Crippen LogP contribution in [0.1, 0.15) is 95.6 Å². The van der Waals surface area contributed by atoms with Crippen molar-refractivity contribution in [3.05, 3.63) is 59.7 Å². The van der Waals surface area contributed by atoms with Crippen molar-refractivity contribution in [3.63, 3.8) is 0 Å². The van der Waals surface area contributed by atoms with Gasteiger partial charge in [0.05, 0.1) is 0 Å². The molecule has 0 aromatic heterocycles. The predicted molar refractivity (Wildman–Crippen MR) is 129 cm³/mol. The van der Waals surface area contributed by atoms with Crippen molar-refractivity contribution in [2.45, 2.75) is 97.3 Å². The SMILES string of the molecule is CCCCCCCCCc1ccccc1OC(=O)Oc1ccccc1CCCCCC. The number of aryl methyl sites for hydroxylation is 2. The third-order valence-corrected chi connectivity index (χ3v) is 5.68. The summed E-state index contributed by atoms with van der Waals surface area (Å²) in [4.78, 5) is 12.5. The summed E-state index contributed by atoms with van der Waals surface area (Å²) in [7, 11) is 0. The zero-order valence-corrected chi connectivity index (χ0v) is 19.5. The average molecular weight is 425 g/mol. The molecule has 3 nitrogen and oxygen atoms in total. The highest BCUT2D eigenvalue weighted by molar-refractivity contribution is 5.68. The smallest absolute Gasteiger partial charge is 0.394 e. The number of rotatable bonds is 15. The van der Waals surface area contributed by atoms with E-state index in [9.17, 15) is 4.79 Å². The highest BCUT2D eigenvalue weighted by atomic mass is 16.7. The zero-order chi connectivity index (χ0) is 22.2. The van der Waals surface area contributed by atoms with Gasteiger partial charge in [-0.1, -0.05) is 108 Å². The molecule has 2 aromatic carbocycles. The maximum absolute atomic E-state index is 12.5. The van der Waals surface area contributed by atoms with Crippen molar-refractivity contribution in [1.82, 2.24) is 0 Å². The summed E-state index contributed by atoms with van der Waals surface area (Å²) in [5.74, 6) is 1.22. The Morgan fingerprint density at radius 2 is 0.968 bits per heavy atom. The summed E-state index contributed by atoms with van der Waals surface area (Å²) in [5.41, 5.74) is 2.13. The van der Waals surface area contributed by atoms with Gasteiger partial charge in [-0.05, 0) is 48.9 Å². The Kier molecular flexibility index (Phi) is 12.5. The maximum Gasteiger partial charge on any atom is 0.519 e. The molecule has 0 spiro atoms. The quantitative estimate of drug-likeness (QED) is 0.163. The summed E-state index contributed by atoms with van der Waals surface area (Å²) in [5, 5.41) is 0. The van der Waals surface area contributed by atoms with E-state index in [4.69, 9.17) is 9.47 Å². The van der Waals surface area contributed by atoms with Gasteiger partial charge in [-0.2, -0.15) is 0 Å². The van der Waals surface area contributed by atoms with E-state index in [0.29, 0.717) is 11.5 Å². The van der Waals surface area contributed by atoms with E-state index in [1.807, 2.05) is 48.5 Å². The van der Waals surface area contributed by atoms with Crippen LogP contribution >= 0.6 is 0 Å². The van der Waals surface area contributed by atoms with Crippen LogP contribution in [0.25, 0.3) is 0 Å². The molecule has 0 saturated heterocycles. The molecule has 3 heteroatoms. The Morgan fingerprint density at radius 3 is 1.45 bits per heavy atom. The molecule has 0 unspecified atom stereocenters. The Balaban J connectivity index is 1.84. The second-order valence-electron chi connectivity index (χ2n) is 8.35. The van der Waals surface area contributed by atoms with E-state index in [2.05, 4.69) is 13.8 Å². The largest absolute Gasteiger partial charge is 0.519 e. The molecule has 31 heavy (non-hydrogen) atoms. The molecule has 0 radical (unpaired) electrons. The molecule has 0 fully saturated rings. The lowest BCUT2D eigenvalue weighted by Crippen LogP contribution is -2.15. The molecular formula is C28H40O3. The Morgan fingerprint density at radius 1 is 0.581 bits per heavy atom. The molecule has 0 heterocycles. The standard InChI is InChI=1S/C28H40O3/c1-3-5-7-9-10-11-13-19-25-21-15-17-23-27(25)31-28(29)30-26-22-16-14-20-24(26)18-12-8-6-4-2/h14-17,20-23H,3-13,18-19H2,1-2H3. The molecule has 2 rings (SSSR count). The number of hydrogen-bond donors (Lipinski definition) is 0. The molecule has 0 N–H and O–H groups in total. The first-order chi connectivity index (χ1) is 15.2. The summed E-state index contributed by atoms with van der Waals surface area (Å²) >= 11 is 0. The Bertz CT molecular complexity index is 753. The van der Waals surface area contributed by atoms with E-state index < -0.39 is 6.16 Å². The molecule has 0 aliphatic carbocycles. The topological polar surface area (TPSA) is 35.5 Å². The van der Waals surface area contributed by atoms with E-state index in [-0.39, 0.29) is 0 Å². The molecular weight excluding hydrogens is 384 g/mol. The molecule has 170 valence electrons. The van der Waals surface area contributed by atoms with Crippen molar-refractivity contribution >= 4 is 6.16 Å². The van der Waals surface area contributed by atoms with Gasteiger partial charge in [0.15, 0.2) is 0 Å². The van der Waals surface area contributed by atoms with Crippen molar-refractivity contribution in [1.29, 1.82) is 0 Å². The van der Waals surface area contributed by atoms with Crippen molar-refractivity contribution in [2.24, 2.45) is 0 Å². The molecule has 0 aliphatic rings. The van der Waals surface area contributed by atoms with Crippen LogP contribution in [0, 0.1) is 0 Å².